The van der Waals surface area contributed by atoms with Crippen molar-refractivity contribution in [2.45, 2.75) is 24.8 Å². The summed E-state index contributed by atoms with van der Waals surface area (Å²) in [5, 5.41) is 9.59. The van der Waals surface area contributed by atoms with Crippen LogP contribution >= 0.6 is 0 Å². The van der Waals surface area contributed by atoms with Crippen LogP contribution in [0.5, 0.6) is 11.5 Å². The molecule has 0 radical (unpaired) electrons. The van der Waals surface area contributed by atoms with E-state index in [0.29, 0.717) is 11.3 Å². The van der Waals surface area contributed by atoms with Crippen LogP contribution in [0.15, 0.2) is 48.5 Å². The second kappa shape index (κ2) is 6.14. The number of rotatable bonds is 4. The van der Waals surface area contributed by atoms with Crippen molar-refractivity contribution in [2.24, 2.45) is 17.8 Å². The van der Waals surface area contributed by atoms with Gasteiger partial charge in [-0.1, -0.05) is 43.3 Å². The lowest BCUT2D eigenvalue weighted by Gasteiger charge is -2.33. The summed E-state index contributed by atoms with van der Waals surface area (Å²) in [5.41, 5.74) is 3.50. The average Bonchev–Trinajstić information content (AvgIpc) is 3.30. The number of Topliss-reactive ketones (excluding diaryl/α,β-unsaturated/α-hetero) is 1. The van der Waals surface area contributed by atoms with E-state index < -0.39 is 23.3 Å². The number of carbonyl (C=O) groups excluding carboxylic acids is 1. The van der Waals surface area contributed by atoms with Crippen molar-refractivity contribution < 1.29 is 24.3 Å². The standard InChI is InChI=1S/C22H20N2O5/c1-12-19(21(26)27)20(12)22(18(25)11-24(28)23-22)10-15-13-6-2-4-8-16(13)29-17-9-5-3-7-14(15)17/h2-9,12,15,19-20H,10-11H2,1H3,(H-,23,26,27,28)/p+1. The molecule has 0 bridgehead atoms. The van der Waals surface area contributed by atoms with Crippen LogP contribution in [0.2, 0.25) is 0 Å². The van der Waals surface area contributed by atoms with E-state index in [1.807, 2.05) is 55.5 Å². The molecule has 3 aliphatic rings. The highest BCUT2D eigenvalue weighted by molar-refractivity contribution is 5.93. The summed E-state index contributed by atoms with van der Waals surface area (Å²) in [6, 6.07) is 15.3. The van der Waals surface area contributed by atoms with E-state index >= 15 is 0 Å². The number of nitrogens with zero attached hydrogens (tertiary/aromatic N) is 1. The van der Waals surface area contributed by atoms with Gasteiger partial charge in [-0.05, 0) is 24.5 Å². The zero-order valence-corrected chi connectivity index (χ0v) is 15.9. The number of nitroso groups, excluding NO2 is 1. The highest BCUT2D eigenvalue weighted by Gasteiger charge is 2.70. The minimum absolute atomic E-state index is 0.180. The third kappa shape index (κ3) is 2.57. The monoisotopic (exact) mass is 393 g/mol. The molecule has 4 atom stereocenters. The lowest BCUT2D eigenvalue weighted by molar-refractivity contribution is -0.591. The smallest absolute Gasteiger partial charge is 0.307 e. The minimum atomic E-state index is -1.20. The first-order chi connectivity index (χ1) is 13.9. The van der Waals surface area contributed by atoms with Crippen LogP contribution in [0.3, 0.4) is 0 Å². The summed E-state index contributed by atoms with van der Waals surface area (Å²) in [6.45, 7) is 1.56. The van der Waals surface area contributed by atoms with E-state index in [1.54, 1.807) is 0 Å². The molecule has 1 saturated carbocycles. The predicted molar refractivity (Wildman–Crippen MR) is 103 cm³/mol. The third-order valence-corrected chi connectivity index (χ3v) is 6.68. The van der Waals surface area contributed by atoms with Gasteiger partial charge in [-0.25, -0.2) is 0 Å². The maximum absolute atomic E-state index is 13.1. The summed E-state index contributed by atoms with van der Waals surface area (Å²) in [7, 11) is 0. The molecule has 2 fully saturated rings. The Labute approximate surface area is 167 Å². The van der Waals surface area contributed by atoms with Crippen molar-refractivity contribution in [2.75, 3.05) is 6.54 Å². The van der Waals surface area contributed by atoms with Gasteiger partial charge >= 0.3 is 5.97 Å². The first-order valence-corrected chi connectivity index (χ1v) is 9.76. The number of para-hydroxylation sites is 2. The van der Waals surface area contributed by atoms with Gasteiger partial charge < -0.3 is 9.84 Å². The highest BCUT2D eigenvalue weighted by Crippen LogP contribution is 2.58. The number of aliphatic carboxylic acids is 1. The van der Waals surface area contributed by atoms with Crippen molar-refractivity contribution >= 4 is 11.8 Å². The molecule has 1 aliphatic carbocycles. The molecule has 2 N–H and O–H groups in total. The number of ketones is 1. The Kier molecular flexibility index (Phi) is 3.78. The van der Waals surface area contributed by atoms with Crippen LogP contribution in [-0.4, -0.2) is 33.8 Å². The first kappa shape index (κ1) is 17.8. The summed E-state index contributed by atoms with van der Waals surface area (Å²) in [4.78, 5) is 37.5. The molecule has 0 spiro atoms. The van der Waals surface area contributed by atoms with Crippen molar-refractivity contribution in [3.63, 3.8) is 0 Å². The maximum Gasteiger partial charge on any atom is 0.307 e. The van der Waals surface area contributed by atoms with E-state index in [9.17, 15) is 19.6 Å². The lowest BCUT2D eigenvalue weighted by atomic mass is 9.74. The number of hydrazine groups is 1. The molecule has 4 unspecified atom stereocenters. The van der Waals surface area contributed by atoms with Crippen LogP contribution in [0.4, 0.5) is 0 Å². The minimum Gasteiger partial charge on any atom is -0.481 e. The van der Waals surface area contributed by atoms with E-state index in [1.165, 1.54) is 0 Å². The number of nitrogens with one attached hydrogen (secondary N) is 1. The fourth-order valence-corrected chi connectivity index (χ4v) is 5.30. The zero-order chi connectivity index (χ0) is 20.3. The summed E-state index contributed by atoms with van der Waals surface area (Å²) >= 11 is 0. The Hall–Kier alpha value is -3.22. The number of hydrogen-bond acceptors (Lipinski definition) is 4. The van der Waals surface area contributed by atoms with Gasteiger partial charge in [-0.15, -0.1) is 5.43 Å². The molecule has 148 valence electrons. The third-order valence-electron chi connectivity index (χ3n) is 6.68. The Bertz CT molecular complexity index is 1010. The van der Waals surface area contributed by atoms with Gasteiger partial charge in [0.05, 0.1) is 10.8 Å². The Morgan fingerprint density at radius 1 is 1.17 bits per heavy atom. The molecule has 29 heavy (non-hydrogen) atoms. The van der Waals surface area contributed by atoms with Crippen molar-refractivity contribution in [1.29, 1.82) is 0 Å². The fraction of sp³-hybridized carbons (Fsp3) is 0.364. The fourth-order valence-electron chi connectivity index (χ4n) is 5.30. The molecule has 5 rings (SSSR count). The predicted octanol–water partition coefficient (Wildman–Crippen LogP) is 2.89. The molecular formula is C22H21N2O5+. The topological polar surface area (TPSA) is 95.7 Å². The SMILES string of the molecule is CC1C(C(=O)O)C1C1(CC2c3ccccc3Oc3ccccc32)N[N+](=O)CC1=O. The van der Waals surface area contributed by atoms with E-state index in [0.717, 1.165) is 22.6 Å². The molecule has 2 aliphatic heterocycles. The second-order valence-corrected chi connectivity index (χ2v) is 8.23. The van der Waals surface area contributed by atoms with Gasteiger partial charge in [0.2, 0.25) is 5.78 Å². The number of ether oxygens (including phenoxy) is 1. The number of fused-ring (bicyclic) bond motifs is 2. The molecule has 1 saturated heterocycles. The molecule has 0 amide bonds. The first-order valence-electron chi connectivity index (χ1n) is 9.76. The largest absolute Gasteiger partial charge is 0.481 e. The molecule has 2 aromatic rings. The van der Waals surface area contributed by atoms with Crippen LogP contribution in [-0.2, 0) is 9.59 Å². The van der Waals surface area contributed by atoms with Crippen LogP contribution < -0.4 is 10.2 Å². The highest BCUT2D eigenvalue weighted by atomic mass is 16.5. The van der Waals surface area contributed by atoms with Crippen molar-refractivity contribution in [1.82, 2.24) is 5.43 Å². The van der Waals surface area contributed by atoms with E-state index in [2.05, 4.69) is 5.43 Å². The Morgan fingerprint density at radius 2 is 1.76 bits per heavy atom. The number of carbonyl (C=O) groups is 2. The molecule has 2 aromatic carbocycles. The van der Waals surface area contributed by atoms with Gasteiger partial charge in [0.15, 0.2) is 5.54 Å². The number of carboxylic acid groups (broad SMARTS) is 1. The molecular weight excluding hydrogens is 372 g/mol. The Balaban J connectivity index is 1.61. The lowest BCUT2D eigenvalue weighted by Crippen LogP contribution is -2.51. The molecule has 0 aromatic heterocycles. The quantitative estimate of drug-likeness (QED) is 0.776. The summed E-state index contributed by atoms with van der Waals surface area (Å²) in [6.07, 6.45) is 0.306. The van der Waals surface area contributed by atoms with Gasteiger partial charge in [0.1, 0.15) is 16.4 Å². The molecule has 7 heteroatoms. The number of benzene rings is 2. The van der Waals surface area contributed by atoms with Gasteiger partial charge in [0.25, 0.3) is 6.54 Å². The zero-order valence-electron chi connectivity index (χ0n) is 15.9. The molecule has 7 nitrogen and oxygen atoms in total. The van der Waals surface area contributed by atoms with Crippen molar-refractivity contribution in [3.05, 3.63) is 64.6 Å². The number of hydrogen-bond donors (Lipinski definition) is 2. The number of carboxylic acids is 1. The van der Waals surface area contributed by atoms with Crippen LogP contribution in [0.25, 0.3) is 0 Å². The maximum atomic E-state index is 13.1. The van der Waals surface area contributed by atoms with Gasteiger partial charge in [-0.3, -0.25) is 9.59 Å². The van der Waals surface area contributed by atoms with Crippen LogP contribution in [0.1, 0.15) is 30.4 Å². The van der Waals surface area contributed by atoms with E-state index in [-0.39, 0.29) is 24.2 Å². The van der Waals surface area contributed by atoms with Crippen molar-refractivity contribution in [3.8, 4) is 11.5 Å². The summed E-state index contributed by atoms with van der Waals surface area (Å²) < 4.78 is 6.04. The van der Waals surface area contributed by atoms with Crippen LogP contribution in [0, 0.1) is 22.7 Å². The average molecular weight is 393 g/mol. The summed E-state index contributed by atoms with van der Waals surface area (Å²) in [5.74, 6) is -1.16. The van der Waals surface area contributed by atoms with E-state index in [4.69, 9.17) is 4.74 Å². The molecule has 2 heterocycles. The second-order valence-electron chi connectivity index (χ2n) is 8.23. The van der Waals surface area contributed by atoms with Gasteiger partial charge in [-0.2, -0.15) is 0 Å². The normalized spacial score (nSPS) is 30.2. The van der Waals surface area contributed by atoms with Gasteiger partial charge in [0, 0.05) is 23.0 Å². The Morgan fingerprint density at radius 3 is 2.24 bits per heavy atom.